The van der Waals surface area contributed by atoms with Crippen molar-refractivity contribution in [3.05, 3.63) is 44.9 Å². The number of rotatable bonds is 7. The molecule has 0 aliphatic rings. The number of carbonyl (C=O) groups excluding carboxylic acids is 2. The van der Waals surface area contributed by atoms with Crippen LogP contribution in [0.5, 0.6) is 0 Å². The number of hydrogen-bond donors (Lipinski definition) is 2. The van der Waals surface area contributed by atoms with Crippen molar-refractivity contribution in [1.29, 1.82) is 0 Å². The smallest absolute Gasteiger partial charge is 0.275 e. The molecule has 0 fully saturated rings. The van der Waals surface area contributed by atoms with Gasteiger partial charge in [0.1, 0.15) is 5.69 Å². The highest BCUT2D eigenvalue weighted by Crippen LogP contribution is 2.23. The second-order valence-electron chi connectivity index (χ2n) is 5.29. The van der Waals surface area contributed by atoms with Crippen molar-refractivity contribution >= 4 is 40.4 Å². The van der Waals surface area contributed by atoms with Crippen LogP contribution >= 0.6 is 22.9 Å². The predicted molar refractivity (Wildman–Crippen MR) is 102 cm³/mol. The summed E-state index contributed by atoms with van der Waals surface area (Å²) in [7, 11) is 0. The number of amides is 2. The summed E-state index contributed by atoms with van der Waals surface area (Å²) in [5.41, 5.74) is 6.76. The number of carbonyl (C=O) groups is 2. The van der Waals surface area contributed by atoms with E-state index in [2.05, 4.69) is 10.3 Å². The number of anilines is 1. The first-order valence-corrected chi connectivity index (χ1v) is 9.30. The minimum absolute atomic E-state index is 0.126. The fraction of sp³-hybridized carbons (Fsp3) is 0.353. The highest BCUT2D eigenvalue weighted by atomic mass is 35.5. The molecule has 1 aromatic carbocycles. The van der Waals surface area contributed by atoms with Gasteiger partial charge >= 0.3 is 0 Å². The second kappa shape index (κ2) is 8.94. The lowest BCUT2D eigenvalue weighted by Gasteiger charge is -2.19. The van der Waals surface area contributed by atoms with Crippen LogP contribution in [-0.4, -0.2) is 41.3 Å². The Labute approximate surface area is 156 Å². The van der Waals surface area contributed by atoms with E-state index in [1.54, 1.807) is 28.5 Å². The zero-order chi connectivity index (χ0) is 18.4. The Hall–Kier alpha value is -1.96. The third kappa shape index (κ3) is 4.78. The van der Waals surface area contributed by atoms with E-state index in [0.717, 1.165) is 5.01 Å². The Morgan fingerprint density at radius 2 is 2.04 bits per heavy atom. The van der Waals surface area contributed by atoms with Gasteiger partial charge in [-0.15, -0.1) is 11.3 Å². The average Bonchev–Trinajstić information content (AvgIpc) is 3.05. The van der Waals surface area contributed by atoms with Crippen molar-refractivity contribution in [3.8, 4) is 0 Å². The number of aromatic nitrogens is 1. The number of thiazole rings is 1. The molecule has 0 saturated heterocycles. The molecule has 0 atom stereocenters. The van der Waals surface area contributed by atoms with Crippen LogP contribution < -0.4 is 11.1 Å². The van der Waals surface area contributed by atoms with Gasteiger partial charge in [0.25, 0.3) is 11.8 Å². The number of nitrogens with zero attached hydrogens (tertiary/aromatic N) is 2. The molecule has 8 heteroatoms. The molecule has 25 heavy (non-hydrogen) atoms. The molecule has 0 unspecified atom stereocenters. The zero-order valence-electron chi connectivity index (χ0n) is 14.2. The van der Waals surface area contributed by atoms with Crippen molar-refractivity contribution in [2.45, 2.75) is 20.3 Å². The second-order valence-corrected chi connectivity index (χ2v) is 6.64. The zero-order valence-corrected chi connectivity index (χ0v) is 15.8. The number of hydrogen-bond acceptors (Lipinski definition) is 5. The van der Waals surface area contributed by atoms with Crippen molar-refractivity contribution in [3.63, 3.8) is 0 Å². The maximum absolute atomic E-state index is 12.4. The van der Waals surface area contributed by atoms with Gasteiger partial charge in [-0.3, -0.25) is 9.59 Å². The minimum Gasteiger partial charge on any atom is -0.339 e. The van der Waals surface area contributed by atoms with E-state index in [1.807, 2.05) is 13.8 Å². The minimum atomic E-state index is -0.321. The molecule has 2 amide bonds. The lowest BCUT2D eigenvalue weighted by Crippen LogP contribution is -2.30. The van der Waals surface area contributed by atoms with Gasteiger partial charge < -0.3 is 16.0 Å². The lowest BCUT2D eigenvalue weighted by molar-refractivity contribution is 0.0773. The summed E-state index contributed by atoms with van der Waals surface area (Å²) in [6, 6.07) is 4.86. The molecule has 1 aromatic heterocycles. The van der Waals surface area contributed by atoms with Gasteiger partial charge in [0.2, 0.25) is 0 Å². The van der Waals surface area contributed by atoms with Crippen LogP contribution in [0.15, 0.2) is 23.6 Å². The summed E-state index contributed by atoms with van der Waals surface area (Å²) >= 11 is 7.63. The van der Waals surface area contributed by atoms with Crippen molar-refractivity contribution in [2.24, 2.45) is 5.73 Å². The van der Waals surface area contributed by atoms with Gasteiger partial charge in [0, 0.05) is 30.6 Å². The fourth-order valence-corrected chi connectivity index (χ4v) is 3.35. The number of benzene rings is 1. The summed E-state index contributed by atoms with van der Waals surface area (Å²) in [5, 5.41) is 5.56. The highest BCUT2D eigenvalue weighted by Gasteiger charge is 2.17. The van der Waals surface area contributed by atoms with Gasteiger partial charge in [-0.1, -0.05) is 11.6 Å². The molecule has 2 rings (SSSR count). The average molecular weight is 381 g/mol. The molecule has 3 N–H and O–H groups in total. The molecule has 0 aliphatic heterocycles. The van der Waals surface area contributed by atoms with Gasteiger partial charge in [-0.05, 0) is 38.6 Å². The molecular weight excluding hydrogens is 360 g/mol. The first-order valence-electron chi connectivity index (χ1n) is 8.04. The van der Waals surface area contributed by atoms with E-state index in [9.17, 15) is 9.59 Å². The third-order valence-electron chi connectivity index (χ3n) is 3.65. The van der Waals surface area contributed by atoms with E-state index in [-0.39, 0.29) is 11.8 Å². The van der Waals surface area contributed by atoms with Gasteiger partial charge in [0.15, 0.2) is 0 Å². The fourth-order valence-electron chi connectivity index (χ4n) is 2.30. The lowest BCUT2D eigenvalue weighted by atomic mass is 10.1. The monoisotopic (exact) mass is 380 g/mol. The molecule has 0 aliphatic carbocycles. The maximum Gasteiger partial charge on any atom is 0.275 e. The Morgan fingerprint density at radius 1 is 1.32 bits per heavy atom. The summed E-state index contributed by atoms with van der Waals surface area (Å²) in [6.07, 6.45) is 0.645. The summed E-state index contributed by atoms with van der Waals surface area (Å²) in [6.45, 7) is 5.54. The van der Waals surface area contributed by atoms with Crippen LogP contribution in [0, 0.1) is 0 Å². The Kier molecular flexibility index (Phi) is 6.92. The molecule has 0 saturated carbocycles. The third-order valence-corrected chi connectivity index (χ3v) is 4.87. The van der Waals surface area contributed by atoms with Crippen LogP contribution in [0.1, 0.15) is 39.7 Å². The highest BCUT2D eigenvalue weighted by molar-refractivity contribution is 7.09. The topological polar surface area (TPSA) is 88.3 Å². The molecule has 2 aromatic rings. The van der Waals surface area contributed by atoms with Crippen LogP contribution in [0.4, 0.5) is 5.69 Å². The number of nitrogens with two attached hydrogens (primary N) is 1. The van der Waals surface area contributed by atoms with Crippen LogP contribution in [0.3, 0.4) is 0 Å². The van der Waals surface area contributed by atoms with E-state index in [1.165, 1.54) is 11.3 Å². The quantitative estimate of drug-likeness (QED) is 0.772. The molecule has 6 nitrogen and oxygen atoms in total. The maximum atomic E-state index is 12.4. The normalized spacial score (nSPS) is 10.6. The SMILES string of the molecule is CCN(CC)C(=O)c1ccc(NC(=O)c2csc(CCN)n2)cc1Cl. The van der Waals surface area contributed by atoms with Crippen molar-refractivity contribution in [2.75, 3.05) is 25.0 Å². The molecule has 0 bridgehead atoms. The van der Waals surface area contributed by atoms with Crippen LogP contribution in [0.2, 0.25) is 5.02 Å². The van der Waals surface area contributed by atoms with E-state index in [4.69, 9.17) is 17.3 Å². The van der Waals surface area contributed by atoms with Gasteiger partial charge in [0.05, 0.1) is 15.6 Å². The first kappa shape index (κ1) is 19.4. The largest absolute Gasteiger partial charge is 0.339 e. The Balaban J connectivity index is 2.11. The molecule has 0 radical (unpaired) electrons. The number of halogens is 1. The van der Waals surface area contributed by atoms with E-state index < -0.39 is 0 Å². The van der Waals surface area contributed by atoms with Crippen LogP contribution in [0.25, 0.3) is 0 Å². The molecule has 134 valence electrons. The van der Waals surface area contributed by atoms with E-state index in [0.29, 0.717) is 48.0 Å². The van der Waals surface area contributed by atoms with E-state index >= 15 is 0 Å². The summed E-state index contributed by atoms with van der Waals surface area (Å²) in [4.78, 5) is 30.6. The predicted octanol–water partition coefficient (Wildman–Crippen LogP) is 3.03. The van der Waals surface area contributed by atoms with Gasteiger partial charge in [-0.25, -0.2) is 4.98 Å². The molecule has 1 heterocycles. The molecule has 0 spiro atoms. The van der Waals surface area contributed by atoms with Gasteiger partial charge in [-0.2, -0.15) is 0 Å². The first-order chi connectivity index (χ1) is 12.0. The Morgan fingerprint density at radius 3 is 2.64 bits per heavy atom. The Bertz CT molecular complexity index is 759. The standard InChI is InChI=1S/C17H21ClN4O2S/c1-3-22(4-2)17(24)12-6-5-11(9-13(12)18)20-16(23)14-10-25-15(21-14)7-8-19/h5-6,9-10H,3-4,7-8,19H2,1-2H3,(H,20,23). The summed E-state index contributed by atoms with van der Waals surface area (Å²) in [5.74, 6) is -0.447. The van der Waals surface area contributed by atoms with Crippen LogP contribution in [-0.2, 0) is 6.42 Å². The molecular formula is C17H21ClN4O2S. The summed E-state index contributed by atoms with van der Waals surface area (Å²) < 4.78 is 0. The van der Waals surface area contributed by atoms with Crippen molar-refractivity contribution in [1.82, 2.24) is 9.88 Å². The number of nitrogens with one attached hydrogen (secondary N) is 1. The van der Waals surface area contributed by atoms with Crippen molar-refractivity contribution < 1.29 is 9.59 Å².